The third-order valence-corrected chi connectivity index (χ3v) is 2.63. The molecule has 1 N–H and O–H groups in total. The fraction of sp³-hybridized carbons (Fsp3) is 0.500. The Labute approximate surface area is 124 Å². The van der Waals surface area contributed by atoms with Crippen LogP contribution < -0.4 is 22.4 Å². The monoisotopic (exact) mass is 312 g/mol. The number of carbonyl (C=O) groups excluding carboxylic acids is 3. The number of hydrogen-bond acceptors (Lipinski definition) is 6. The van der Waals surface area contributed by atoms with Crippen LogP contribution in [0.5, 0.6) is 0 Å². The quantitative estimate of drug-likeness (QED) is 0.615. The van der Waals surface area contributed by atoms with E-state index in [2.05, 4.69) is 5.32 Å². The number of carbonyl (C=O) groups is 3. The molecule has 0 bridgehead atoms. The van der Waals surface area contributed by atoms with E-state index in [0.29, 0.717) is 13.7 Å². The number of rotatable bonds is 6. The first-order valence-corrected chi connectivity index (χ1v) is 6.33. The maximum absolute atomic E-state index is 12.1. The lowest BCUT2D eigenvalue weighted by atomic mass is 10.4. The predicted octanol–water partition coefficient (Wildman–Crippen LogP) is -2.56. The summed E-state index contributed by atoms with van der Waals surface area (Å²) in [5.41, 5.74) is -3.10. The van der Waals surface area contributed by atoms with E-state index in [-0.39, 0.29) is 0 Å². The van der Waals surface area contributed by atoms with Gasteiger partial charge in [0.25, 0.3) is 0 Å². The highest BCUT2D eigenvalue weighted by Crippen LogP contribution is 1.80. The van der Waals surface area contributed by atoms with Gasteiger partial charge in [-0.15, -0.1) is 0 Å². The molecule has 1 amide bonds. The maximum Gasteiger partial charge on any atom is 0.338 e. The van der Waals surface area contributed by atoms with E-state index in [9.17, 15) is 28.8 Å². The molecule has 0 aliphatic carbocycles. The fourth-order valence-electron chi connectivity index (χ4n) is 1.72. The fourth-order valence-corrected chi connectivity index (χ4v) is 1.72. The topological polar surface area (TPSA) is 129 Å². The molecule has 10 nitrogen and oxygen atoms in total. The lowest BCUT2D eigenvalue weighted by Crippen LogP contribution is -2.56. The Morgan fingerprint density at radius 3 is 1.45 bits per heavy atom. The Bertz CT molecular complexity index is 743. The highest BCUT2D eigenvalue weighted by molar-refractivity contribution is 5.75. The Hall–Kier alpha value is -2.78. The van der Waals surface area contributed by atoms with Crippen LogP contribution in [-0.4, -0.2) is 31.2 Å². The molecule has 0 atom stereocenters. The molecule has 0 fully saturated rings. The second kappa shape index (κ2) is 6.78. The van der Waals surface area contributed by atoms with Crippen LogP contribution in [0, 0.1) is 0 Å². The molecule has 0 spiro atoms. The van der Waals surface area contributed by atoms with E-state index in [4.69, 9.17) is 0 Å². The zero-order valence-corrected chi connectivity index (χ0v) is 12.4. The SMILES string of the molecule is CC(=O)Cn1c(=O)n(CNC(C)=O)c(=O)n(CC(C)=O)c1=O. The summed E-state index contributed by atoms with van der Waals surface area (Å²) in [6, 6.07) is 0. The summed E-state index contributed by atoms with van der Waals surface area (Å²) in [6.45, 7) is 1.99. The van der Waals surface area contributed by atoms with Gasteiger partial charge < -0.3 is 5.32 Å². The van der Waals surface area contributed by atoms with Crippen LogP contribution >= 0.6 is 0 Å². The van der Waals surface area contributed by atoms with Crippen LogP contribution in [0.15, 0.2) is 14.4 Å². The Balaban J connectivity index is 3.61. The van der Waals surface area contributed by atoms with Crippen LogP contribution in [0.3, 0.4) is 0 Å². The number of ketones is 2. The van der Waals surface area contributed by atoms with Gasteiger partial charge in [-0.2, -0.15) is 0 Å². The van der Waals surface area contributed by atoms with Crippen molar-refractivity contribution in [2.24, 2.45) is 0 Å². The van der Waals surface area contributed by atoms with Crippen molar-refractivity contribution in [3.63, 3.8) is 0 Å². The molecule has 22 heavy (non-hydrogen) atoms. The van der Waals surface area contributed by atoms with Gasteiger partial charge in [0, 0.05) is 6.92 Å². The van der Waals surface area contributed by atoms with Crippen molar-refractivity contribution in [3.8, 4) is 0 Å². The average Bonchev–Trinajstić information content (AvgIpc) is 2.39. The average molecular weight is 312 g/mol. The van der Waals surface area contributed by atoms with Crippen LogP contribution in [0.4, 0.5) is 0 Å². The van der Waals surface area contributed by atoms with Gasteiger partial charge in [0.05, 0.1) is 13.1 Å². The molecule has 0 unspecified atom stereocenters. The standard InChI is InChI=1S/C12H16N4O6/c1-7(17)4-14-10(20)15(5-8(2)18)12(22)16(11(14)21)6-13-9(3)19/h4-6H2,1-3H3,(H,13,19). The van der Waals surface area contributed by atoms with E-state index in [1.54, 1.807) is 0 Å². The zero-order valence-electron chi connectivity index (χ0n) is 12.4. The number of amides is 1. The summed E-state index contributed by atoms with van der Waals surface area (Å²) in [7, 11) is 0. The van der Waals surface area contributed by atoms with Crippen LogP contribution in [-0.2, 0) is 34.1 Å². The van der Waals surface area contributed by atoms with E-state index >= 15 is 0 Å². The van der Waals surface area contributed by atoms with Crippen molar-refractivity contribution in [2.45, 2.75) is 40.5 Å². The zero-order chi connectivity index (χ0) is 17.0. The molecule has 0 radical (unpaired) electrons. The van der Waals surface area contributed by atoms with Crippen molar-refractivity contribution >= 4 is 17.5 Å². The smallest absolute Gasteiger partial charge is 0.338 e. The summed E-state index contributed by atoms with van der Waals surface area (Å²) in [4.78, 5) is 69.6. The Kier molecular flexibility index (Phi) is 5.33. The molecule has 0 saturated carbocycles. The van der Waals surface area contributed by atoms with E-state index in [1.165, 1.54) is 20.8 Å². The summed E-state index contributed by atoms with van der Waals surface area (Å²) >= 11 is 0. The van der Waals surface area contributed by atoms with Gasteiger partial charge in [0.1, 0.15) is 18.2 Å². The second-order valence-corrected chi connectivity index (χ2v) is 4.74. The lowest BCUT2D eigenvalue weighted by Gasteiger charge is -2.12. The molecule has 1 rings (SSSR count). The van der Waals surface area contributed by atoms with Crippen LogP contribution in [0.1, 0.15) is 20.8 Å². The molecule has 1 aromatic heterocycles. The summed E-state index contributed by atoms with van der Waals surface area (Å²) < 4.78 is 1.68. The number of nitrogens with zero attached hydrogens (tertiary/aromatic N) is 3. The maximum atomic E-state index is 12.1. The van der Waals surface area contributed by atoms with Gasteiger partial charge in [0.15, 0.2) is 0 Å². The number of hydrogen-bond donors (Lipinski definition) is 1. The number of nitrogens with one attached hydrogen (secondary N) is 1. The molecule has 10 heteroatoms. The number of aromatic nitrogens is 3. The second-order valence-electron chi connectivity index (χ2n) is 4.74. The largest absolute Gasteiger partial charge is 0.338 e. The van der Waals surface area contributed by atoms with Gasteiger partial charge in [-0.1, -0.05) is 0 Å². The van der Waals surface area contributed by atoms with Gasteiger partial charge in [-0.05, 0) is 13.8 Å². The summed E-state index contributed by atoms with van der Waals surface area (Å²) in [5, 5.41) is 2.25. The van der Waals surface area contributed by atoms with Gasteiger partial charge in [-0.25, -0.2) is 28.1 Å². The van der Waals surface area contributed by atoms with Crippen molar-refractivity contribution in [1.29, 1.82) is 0 Å². The third kappa shape index (κ3) is 3.87. The molecule has 0 aliphatic rings. The van der Waals surface area contributed by atoms with E-state index in [1.807, 2.05) is 0 Å². The minimum Gasteiger partial charge on any atom is -0.338 e. The molecular formula is C12H16N4O6. The van der Waals surface area contributed by atoms with E-state index < -0.39 is 54.3 Å². The summed E-state index contributed by atoms with van der Waals surface area (Å²) in [5.74, 6) is -1.44. The van der Waals surface area contributed by atoms with Gasteiger partial charge in [0.2, 0.25) is 5.91 Å². The highest BCUT2D eigenvalue weighted by Gasteiger charge is 2.17. The first kappa shape index (κ1) is 17.3. The van der Waals surface area contributed by atoms with Crippen molar-refractivity contribution in [1.82, 2.24) is 19.0 Å². The predicted molar refractivity (Wildman–Crippen MR) is 74.4 cm³/mol. The van der Waals surface area contributed by atoms with Gasteiger partial charge in [-0.3, -0.25) is 14.4 Å². The third-order valence-electron chi connectivity index (χ3n) is 2.63. The van der Waals surface area contributed by atoms with E-state index in [0.717, 1.165) is 0 Å². The molecule has 1 heterocycles. The molecule has 0 saturated heterocycles. The molecular weight excluding hydrogens is 296 g/mol. The highest BCUT2D eigenvalue weighted by atomic mass is 16.2. The first-order chi connectivity index (χ1) is 10.1. The number of Topliss-reactive ketones (excluding diaryl/α,β-unsaturated/α-hetero) is 2. The first-order valence-electron chi connectivity index (χ1n) is 6.33. The van der Waals surface area contributed by atoms with Crippen LogP contribution in [0.2, 0.25) is 0 Å². The minimum absolute atomic E-state index is 0.469. The van der Waals surface area contributed by atoms with Crippen molar-refractivity contribution in [3.05, 3.63) is 31.5 Å². The van der Waals surface area contributed by atoms with Crippen LogP contribution in [0.25, 0.3) is 0 Å². The minimum atomic E-state index is -1.04. The molecule has 0 aliphatic heterocycles. The normalized spacial score (nSPS) is 10.3. The Morgan fingerprint density at radius 2 is 1.14 bits per heavy atom. The van der Waals surface area contributed by atoms with Crippen molar-refractivity contribution in [2.75, 3.05) is 0 Å². The Morgan fingerprint density at radius 1 is 0.773 bits per heavy atom. The molecule has 1 aromatic rings. The molecule has 120 valence electrons. The summed E-state index contributed by atoms with van der Waals surface area (Å²) in [6.07, 6.45) is 0. The van der Waals surface area contributed by atoms with Gasteiger partial charge >= 0.3 is 17.1 Å². The van der Waals surface area contributed by atoms with Crippen molar-refractivity contribution < 1.29 is 14.4 Å². The molecule has 0 aromatic carbocycles. The lowest BCUT2D eigenvalue weighted by molar-refractivity contribution is -0.120.